The van der Waals surface area contributed by atoms with Crippen molar-refractivity contribution in [2.75, 3.05) is 134 Å². The summed E-state index contributed by atoms with van der Waals surface area (Å²) in [6, 6.07) is 40.0. The van der Waals surface area contributed by atoms with Crippen LogP contribution < -0.4 is 44.9 Å². The van der Waals surface area contributed by atoms with Gasteiger partial charge in [-0.05, 0) is 195 Å². The summed E-state index contributed by atoms with van der Waals surface area (Å²) in [5, 5.41) is 28.7. The molecule has 0 radical (unpaired) electrons. The van der Waals surface area contributed by atoms with Gasteiger partial charge in [0.25, 0.3) is 0 Å². The average molecular weight is 1330 g/mol. The van der Waals surface area contributed by atoms with Crippen LogP contribution in [0.3, 0.4) is 0 Å². The van der Waals surface area contributed by atoms with Crippen molar-refractivity contribution in [3.8, 4) is 29.4 Å². The van der Waals surface area contributed by atoms with Crippen molar-refractivity contribution in [1.82, 2.24) is 35.6 Å². The quantitative estimate of drug-likeness (QED) is 0.0390. The maximum Gasteiger partial charge on any atom is 0.205 e. The molecule has 518 valence electrons. The molecule has 5 aromatic carbocycles. The van der Waals surface area contributed by atoms with E-state index in [0.717, 1.165) is 211 Å². The molecule has 0 amide bonds. The molecule has 6 aliphatic rings. The molecular weight excluding hydrogens is 1220 g/mol. The van der Waals surface area contributed by atoms with E-state index in [1.807, 2.05) is 36.4 Å². The van der Waals surface area contributed by atoms with E-state index < -0.39 is 0 Å². The predicted octanol–water partition coefficient (Wildman–Crippen LogP) is 13.9. The van der Waals surface area contributed by atoms with Gasteiger partial charge in [-0.15, -0.1) is 0 Å². The standard InChI is InChI=1S/C27H33FN4O.C27H34N4O.C26H33N5O.CH4/c1-20(23-5-3-13-32(19-23)27-9-6-21(17-29)15-26(27)28)30-11-4-12-31-14-10-22-16-25(33-2)8-7-24(22)18-31;1-21(24-5-3-15-31(20-24)26-9-6-22(18-28)7-10-26)29-13-4-14-30-16-12-23-17-27(32-2)11-8-25(23)19-30;1-20(21-10-15-31(16-11-21)26-8-6-24(27-2)18-29-26)28-12-4-13-30-14-9-22-17-25(32-3)7-5-23(22)19-30;/h6-9,15-16,23,30H,1,3-5,10-14,18-19H2,2H3;6-11,17,24,29H,1,3-5,12-16,19-20H2,2H3;5-8,17-18,21,28H,1,4,9-16,19H2,3H3;1H4. The van der Waals surface area contributed by atoms with Crippen LogP contribution in [0.5, 0.6) is 17.2 Å². The van der Waals surface area contributed by atoms with Crippen molar-refractivity contribution in [2.24, 2.45) is 17.8 Å². The average Bonchev–Trinajstić information content (AvgIpc) is 0.880. The number of methoxy groups -OCH3 is 3. The van der Waals surface area contributed by atoms with E-state index in [9.17, 15) is 4.39 Å². The normalized spacial score (nSPS) is 17.7. The molecule has 7 heterocycles. The summed E-state index contributed by atoms with van der Waals surface area (Å²) in [6.07, 6.45) is 14.8. The Bertz CT molecular complexity index is 3720. The lowest BCUT2D eigenvalue weighted by molar-refractivity contribution is 0.250. The summed E-state index contributed by atoms with van der Waals surface area (Å²) in [4.78, 5) is 22.3. The van der Waals surface area contributed by atoms with Crippen LogP contribution in [-0.4, -0.2) is 139 Å². The van der Waals surface area contributed by atoms with Gasteiger partial charge >= 0.3 is 0 Å². The van der Waals surface area contributed by atoms with E-state index in [1.54, 1.807) is 39.7 Å². The minimum Gasteiger partial charge on any atom is -0.497 e. The predicted molar refractivity (Wildman–Crippen MR) is 396 cm³/mol. The van der Waals surface area contributed by atoms with Gasteiger partial charge in [0, 0.05) is 165 Å². The van der Waals surface area contributed by atoms with Gasteiger partial charge in [0.15, 0.2) is 0 Å². The molecule has 1 aromatic heterocycles. The number of nitrogens with one attached hydrogen (secondary N) is 3. The molecule has 6 aliphatic heterocycles. The van der Waals surface area contributed by atoms with Crippen LogP contribution in [0, 0.1) is 52.8 Å². The van der Waals surface area contributed by atoms with Gasteiger partial charge in [0.05, 0.1) is 56.9 Å². The van der Waals surface area contributed by atoms with E-state index >= 15 is 0 Å². The zero-order chi connectivity index (χ0) is 67.9. The maximum absolute atomic E-state index is 14.5. The highest BCUT2D eigenvalue weighted by Crippen LogP contribution is 2.32. The molecule has 2 unspecified atom stereocenters. The van der Waals surface area contributed by atoms with Gasteiger partial charge in [0.1, 0.15) is 28.9 Å². The van der Waals surface area contributed by atoms with Crippen LogP contribution in [0.1, 0.15) is 110 Å². The second-order valence-corrected chi connectivity index (χ2v) is 26.7. The number of halogens is 1. The number of nitrogens with zero attached hydrogens (tertiary/aromatic N) is 10. The zero-order valence-electron chi connectivity index (χ0n) is 57.6. The Morgan fingerprint density at radius 2 is 0.980 bits per heavy atom. The largest absolute Gasteiger partial charge is 0.497 e. The molecule has 0 spiro atoms. The first-order valence-corrected chi connectivity index (χ1v) is 35.1. The first-order valence-electron chi connectivity index (χ1n) is 35.1. The summed E-state index contributed by atoms with van der Waals surface area (Å²) in [6.45, 7) is 38.1. The summed E-state index contributed by atoms with van der Waals surface area (Å²) >= 11 is 0. The lowest BCUT2D eigenvalue weighted by Gasteiger charge is -2.36. The fourth-order valence-electron chi connectivity index (χ4n) is 14.4. The molecule has 2 atom stereocenters. The van der Waals surface area contributed by atoms with Crippen molar-refractivity contribution in [2.45, 2.75) is 104 Å². The number of hydrogen-bond donors (Lipinski definition) is 3. The molecule has 6 aromatic rings. The Morgan fingerprint density at radius 1 is 0.531 bits per heavy atom. The number of anilines is 3. The second-order valence-electron chi connectivity index (χ2n) is 26.7. The number of benzene rings is 5. The molecule has 0 bridgehead atoms. The van der Waals surface area contributed by atoms with Gasteiger partial charge < -0.3 is 44.9 Å². The number of aromatic nitrogens is 1. The minimum absolute atomic E-state index is 0. The third kappa shape index (κ3) is 20.5. The number of ether oxygens (including phenoxy) is 3. The fourth-order valence-corrected chi connectivity index (χ4v) is 14.4. The summed E-state index contributed by atoms with van der Waals surface area (Å²) < 4.78 is 30.5. The van der Waals surface area contributed by atoms with Gasteiger partial charge in [0.2, 0.25) is 5.69 Å². The second kappa shape index (κ2) is 37.1. The van der Waals surface area contributed by atoms with Crippen LogP contribution in [-0.2, 0) is 38.9 Å². The number of hydrogen-bond acceptors (Lipinski definition) is 15. The molecule has 3 saturated heterocycles. The van der Waals surface area contributed by atoms with Crippen LogP contribution >= 0.6 is 0 Å². The number of allylic oxidation sites excluding steroid dienone is 1. The van der Waals surface area contributed by atoms with Crippen molar-refractivity contribution < 1.29 is 18.6 Å². The van der Waals surface area contributed by atoms with Crippen molar-refractivity contribution in [1.29, 1.82) is 10.5 Å². The summed E-state index contributed by atoms with van der Waals surface area (Å²) in [5.41, 5.74) is 15.3. The molecular formula is C81H104FN13O3. The van der Waals surface area contributed by atoms with Crippen molar-refractivity contribution >= 4 is 22.9 Å². The molecule has 0 aliphatic carbocycles. The van der Waals surface area contributed by atoms with Gasteiger partial charge in [-0.25, -0.2) is 9.24 Å². The zero-order valence-corrected chi connectivity index (χ0v) is 57.6. The highest BCUT2D eigenvalue weighted by molar-refractivity contribution is 5.53. The Kier molecular flexibility index (Phi) is 27.7. The van der Waals surface area contributed by atoms with Gasteiger partial charge in [-0.1, -0.05) is 51.4 Å². The number of pyridine rings is 1. The fraction of sp³-hybridized carbons (Fsp3) is 0.457. The summed E-state index contributed by atoms with van der Waals surface area (Å²) in [5.74, 6) is 4.78. The van der Waals surface area contributed by atoms with Crippen LogP contribution in [0.25, 0.3) is 4.85 Å². The van der Waals surface area contributed by atoms with Crippen LogP contribution in [0.15, 0.2) is 152 Å². The minimum atomic E-state index is -0.324. The number of nitriles is 2. The van der Waals surface area contributed by atoms with Gasteiger partial charge in [-0.3, -0.25) is 19.7 Å². The smallest absolute Gasteiger partial charge is 0.205 e. The van der Waals surface area contributed by atoms with E-state index in [-0.39, 0.29) is 13.2 Å². The van der Waals surface area contributed by atoms with E-state index in [0.29, 0.717) is 40.3 Å². The van der Waals surface area contributed by atoms with Crippen LogP contribution in [0.4, 0.5) is 27.3 Å². The van der Waals surface area contributed by atoms with E-state index in [4.69, 9.17) is 31.3 Å². The molecule has 0 saturated carbocycles. The number of fused-ring (bicyclic) bond motifs is 3. The first kappa shape index (κ1) is 73.2. The third-order valence-corrected chi connectivity index (χ3v) is 20.3. The molecule has 12 rings (SSSR count). The van der Waals surface area contributed by atoms with Crippen molar-refractivity contribution in [3.63, 3.8) is 0 Å². The first-order chi connectivity index (χ1) is 47.4. The molecule has 3 fully saturated rings. The maximum atomic E-state index is 14.5. The van der Waals surface area contributed by atoms with Crippen LogP contribution in [0.2, 0.25) is 0 Å². The van der Waals surface area contributed by atoms with Gasteiger partial charge in [-0.2, -0.15) is 10.5 Å². The molecule has 3 N–H and O–H groups in total. The number of piperidine rings is 3. The number of rotatable bonds is 24. The van der Waals surface area contributed by atoms with E-state index in [2.05, 4.69) is 142 Å². The summed E-state index contributed by atoms with van der Waals surface area (Å²) in [7, 11) is 5.18. The van der Waals surface area contributed by atoms with E-state index in [1.165, 1.54) is 69.4 Å². The third-order valence-electron chi connectivity index (χ3n) is 20.3. The molecule has 16 nitrogen and oxygen atoms in total. The lowest BCUT2D eigenvalue weighted by Crippen LogP contribution is -2.39. The Morgan fingerprint density at radius 3 is 1.41 bits per heavy atom. The topological polar surface area (TPSA) is 148 Å². The van der Waals surface area contributed by atoms with Crippen molar-refractivity contribution in [3.05, 3.63) is 214 Å². The Hall–Kier alpha value is -9.05. The lowest BCUT2D eigenvalue weighted by atomic mass is 9.94. The SMILES string of the molecule is C.C=C(NCCCN1CCc2cc(OC)ccc2C1)C1CCCN(c2ccc(C#N)cc2)C1.C=C(NCCCN1CCc2cc(OC)ccc2C1)C1CCCN(c2ccc(C#N)cc2F)C1.[C-]#[N+]c1ccc(N2CCC(C(=C)NCCCN3CCc4cc(OC)ccc4C3)CC2)nc1. The molecule has 17 heteroatoms. The highest BCUT2D eigenvalue weighted by Gasteiger charge is 2.27. The molecule has 98 heavy (non-hydrogen) atoms. The Labute approximate surface area is 584 Å². The highest BCUT2D eigenvalue weighted by atomic mass is 19.1. The Balaban J connectivity index is 0.000000171. The monoisotopic (exact) mass is 1330 g/mol.